The Bertz CT molecular complexity index is 218. The molecule has 0 spiro atoms. The summed E-state index contributed by atoms with van der Waals surface area (Å²) in [6.07, 6.45) is 6.74. The van der Waals surface area contributed by atoms with Crippen LogP contribution >= 0.6 is 11.8 Å². The molecule has 1 fully saturated rings. The highest BCUT2D eigenvalue weighted by Crippen LogP contribution is 2.36. The van der Waals surface area contributed by atoms with Gasteiger partial charge in [-0.25, -0.2) is 0 Å². The van der Waals surface area contributed by atoms with Crippen LogP contribution in [0.4, 0.5) is 0 Å². The first-order chi connectivity index (χ1) is 7.69. The van der Waals surface area contributed by atoms with E-state index >= 15 is 0 Å². The van der Waals surface area contributed by atoms with Gasteiger partial charge in [-0.3, -0.25) is 4.79 Å². The molecule has 0 radical (unpaired) electrons. The molecule has 16 heavy (non-hydrogen) atoms. The number of ether oxygens (including phenoxy) is 1. The van der Waals surface area contributed by atoms with Crippen LogP contribution in [0.2, 0.25) is 0 Å². The van der Waals surface area contributed by atoms with Gasteiger partial charge in [0.2, 0.25) is 0 Å². The van der Waals surface area contributed by atoms with Gasteiger partial charge in [-0.05, 0) is 18.8 Å². The molecule has 3 heteroatoms. The average molecular weight is 244 g/mol. The van der Waals surface area contributed by atoms with Crippen molar-refractivity contribution >= 4 is 17.7 Å². The monoisotopic (exact) mass is 244 g/mol. The number of carbonyl (C=O) groups is 1. The summed E-state index contributed by atoms with van der Waals surface area (Å²) in [6.45, 7) is 4.25. The predicted octanol–water partition coefficient (Wildman–Crippen LogP) is 3.50. The summed E-state index contributed by atoms with van der Waals surface area (Å²) in [6, 6.07) is 0. The molecule has 0 aromatic rings. The molecule has 1 aliphatic carbocycles. The molecule has 1 aliphatic rings. The first-order valence-electron chi connectivity index (χ1n) is 6.38. The molecule has 3 unspecified atom stereocenters. The Morgan fingerprint density at radius 2 is 2.12 bits per heavy atom. The lowest BCUT2D eigenvalue weighted by Gasteiger charge is -2.30. The van der Waals surface area contributed by atoms with Crippen LogP contribution in [0.15, 0.2) is 0 Å². The van der Waals surface area contributed by atoms with Gasteiger partial charge >= 0.3 is 5.97 Å². The molecule has 0 N–H and O–H groups in total. The average Bonchev–Trinajstić information content (AvgIpc) is 2.35. The molecule has 0 saturated heterocycles. The Morgan fingerprint density at radius 1 is 1.44 bits per heavy atom. The van der Waals surface area contributed by atoms with Gasteiger partial charge in [-0.1, -0.05) is 33.1 Å². The summed E-state index contributed by atoms with van der Waals surface area (Å²) >= 11 is 1.98. The van der Waals surface area contributed by atoms with Gasteiger partial charge in [0.1, 0.15) is 0 Å². The Labute approximate surface area is 104 Å². The summed E-state index contributed by atoms with van der Waals surface area (Å²) in [4.78, 5) is 11.3. The minimum absolute atomic E-state index is 0.0365. The minimum atomic E-state index is -0.0728. The molecule has 2 nitrogen and oxygen atoms in total. The van der Waals surface area contributed by atoms with Crippen molar-refractivity contribution in [2.24, 2.45) is 11.8 Å². The largest absolute Gasteiger partial charge is 0.469 e. The van der Waals surface area contributed by atoms with Crippen molar-refractivity contribution in [3.63, 3.8) is 0 Å². The van der Waals surface area contributed by atoms with Crippen LogP contribution in [0, 0.1) is 11.8 Å². The third kappa shape index (κ3) is 4.00. The van der Waals surface area contributed by atoms with E-state index in [4.69, 9.17) is 4.74 Å². The summed E-state index contributed by atoms with van der Waals surface area (Å²) in [5.41, 5.74) is 0. The van der Waals surface area contributed by atoms with Gasteiger partial charge in [0.05, 0.1) is 13.0 Å². The molecule has 94 valence electrons. The Hall–Kier alpha value is -0.180. The smallest absolute Gasteiger partial charge is 0.309 e. The topological polar surface area (TPSA) is 26.3 Å². The molecule has 0 amide bonds. The predicted molar refractivity (Wildman–Crippen MR) is 69.7 cm³/mol. The van der Waals surface area contributed by atoms with E-state index in [2.05, 4.69) is 6.92 Å². The van der Waals surface area contributed by atoms with Crippen LogP contribution in [-0.4, -0.2) is 24.1 Å². The molecule has 3 atom stereocenters. The molecular weight excluding hydrogens is 220 g/mol. The van der Waals surface area contributed by atoms with E-state index in [1.54, 1.807) is 0 Å². The van der Waals surface area contributed by atoms with E-state index in [-0.39, 0.29) is 11.9 Å². The fourth-order valence-corrected chi connectivity index (χ4v) is 4.00. The third-order valence-electron chi connectivity index (χ3n) is 3.53. The van der Waals surface area contributed by atoms with Crippen LogP contribution in [0.1, 0.15) is 46.0 Å². The molecule has 0 bridgehead atoms. The van der Waals surface area contributed by atoms with Gasteiger partial charge < -0.3 is 4.74 Å². The molecule has 0 aromatic carbocycles. The van der Waals surface area contributed by atoms with Crippen molar-refractivity contribution in [1.29, 1.82) is 0 Å². The summed E-state index contributed by atoms with van der Waals surface area (Å²) in [5, 5.41) is 0.769. The Morgan fingerprint density at radius 3 is 2.75 bits per heavy atom. The van der Waals surface area contributed by atoms with Crippen LogP contribution in [0.5, 0.6) is 0 Å². The van der Waals surface area contributed by atoms with E-state index in [1.165, 1.54) is 39.2 Å². The lowest BCUT2D eigenvalue weighted by atomic mass is 9.87. The maximum Gasteiger partial charge on any atom is 0.309 e. The normalized spacial score (nSPS) is 27.4. The highest BCUT2D eigenvalue weighted by molar-refractivity contribution is 7.99. The maximum atomic E-state index is 11.3. The number of esters is 1. The van der Waals surface area contributed by atoms with Crippen molar-refractivity contribution in [3.8, 4) is 0 Å². The van der Waals surface area contributed by atoms with Crippen molar-refractivity contribution in [2.75, 3.05) is 12.9 Å². The SMILES string of the molecule is CCC1CCCCC1SCC(C)C(=O)OC. The van der Waals surface area contributed by atoms with E-state index in [0.717, 1.165) is 16.9 Å². The molecular formula is C13H24O2S. The molecule has 1 rings (SSSR count). The van der Waals surface area contributed by atoms with Gasteiger partial charge in [-0.15, -0.1) is 0 Å². The standard InChI is InChI=1S/C13H24O2S/c1-4-11-7-5-6-8-12(11)16-9-10(2)13(14)15-3/h10-12H,4-9H2,1-3H3. The number of thioether (sulfide) groups is 1. The number of rotatable bonds is 5. The summed E-state index contributed by atoms with van der Waals surface area (Å²) in [7, 11) is 1.47. The number of hydrogen-bond acceptors (Lipinski definition) is 3. The highest BCUT2D eigenvalue weighted by Gasteiger charge is 2.25. The Balaban J connectivity index is 2.32. The van der Waals surface area contributed by atoms with E-state index in [9.17, 15) is 4.79 Å². The first kappa shape index (κ1) is 13.9. The highest BCUT2D eigenvalue weighted by atomic mass is 32.2. The van der Waals surface area contributed by atoms with Crippen LogP contribution in [0.3, 0.4) is 0 Å². The van der Waals surface area contributed by atoms with E-state index < -0.39 is 0 Å². The number of methoxy groups -OCH3 is 1. The first-order valence-corrected chi connectivity index (χ1v) is 7.43. The molecule has 1 saturated carbocycles. The fourth-order valence-electron chi connectivity index (χ4n) is 2.40. The van der Waals surface area contributed by atoms with E-state index in [0.29, 0.717) is 0 Å². The quantitative estimate of drug-likeness (QED) is 0.692. The van der Waals surface area contributed by atoms with Crippen LogP contribution in [0.25, 0.3) is 0 Å². The molecule has 0 heterocycles. The number of hydrogen-bond donors (Lipinski definition) is 0. The van der Waals surface area contributed by atoms with Crippen molar-refractivity contribution in [1.82, 2.24) is 0 Å². The summed E-state index contributed by atoms with van der Waals surface area (Å²) < 4.78 is 4.75. The lowest BCUT2D eigenvalue weighted by molar-refractivity contribution is -0.143. The summed E-state index contributed by atoms with van der Waals surface area (Å²) in [5.74, 6) is 1.74. The second kappa shape index (κ2) is 7.21. The zero-order chi connectivity index (χ0) is 12.0. The van der Waals surface area contributed by atoms with Crippen molar-refractivity contribution < 1.29 is 9.53 Å². The second-order valence-electron chi connectivity index (χ2n) is 4.75. The fraction of sp³-hybridized carbons (Fsp3) is 0.923. The zero-order valence-electron chi connectivity index (χ0n) is 10.7. The lowest BCUT2D eigenvalue weighted by Crippen LogP contribution is -2.24. The minimum Gasteiger partial charge on any atom is -0.469 e. The zero-order valence-corrected chi connectivity index (χ0v) is 11.5. The van der Waals surface area contributed by atoms with Gasteiger partial charge in [0.15, 0.2) is 0 Å². The second-order valence-corrected chi connectivity index (χ2v) is 6.02. The molecule has 0 aromatic heterocycles. The number of carbonyl (C=O) groups excluding carboxylic acids is 1. The van der Waals surface area contributed by atoms with Crippen LogP contribution < -0.4 is 0 Å². The van der Waals surface area contributed by atoms with Crippen molar-refractivity contribution in [2.45, 2.75) is 51.2 Å². The van der Waals surface area contributed by atoms with Gasteiger partial charge in [0.25, 0.3) is 0 Å². The van der Waals surface area contributed by atoms with Gasteiger partial charge in [0, 0.05) is 11.0 Å². The Kier molecular flexibility index (Phi) is 6.25. The van der Waals surface area contributed by atoms with E-state index in [1.807, 2.05) is 18.7 Å². The van der Waals surface area contributed by atoms with Gasteiger partial charge in [-0.2, -0.15) is 11.8 Å². The molecule has 0 aliphatic heterocycles. The van der Waals surface area contributed by atoms with Crippen LogP contribution in [-0.2, 0) is 9.53 Å². The third-order valence-corrected chi connectivity index (χ3v) is 5.27. The van der Waals surface area contributed by atoms with Crippen molar-refractivity contribution in [3.05, 3.63) is 0 Å². The maximum absolute atomic E-state index is 11.3.